The van der Waals surface area contributed by atoms with Crippen LogP contribution in [0, 0.1) is 0 Å². The number of para-hydroxylation sites is 2. The van der Waals surface area contributed by atoms with Crippen LogP contribution in [0.3, 0.4) is 0 Å². The maximum atomic E-state index is 6.09. The molecule has 0 aliphatic carbocycles. The Hall–Kier alpha value is -1.69. The lowest BCUT2D eigenvalue weighted by Crippen LogP contribution is -2.10. The average molecular weight is 299 g/mol. The average Bonchev–Trinajstić information content (AvgIpc) is 2.42. The molecule has 0 unspecified atom stereocenters. The molecular formula is C12H12Cl2N4O. The number of halogens is 2. The van der Waals surface area contributed by atoms with E-state index in [1.165, 1.54) is 0 Å². The number of rotatable bonds is 4. The minimum atomic E-state index is 0.337. The van der Waals surface area contributed by atoms with Gasteiger partial charge in [0.25, 0.3) is 0 Å². The first kappa shape index (κ1) is 13.7. The van der Waals surface area contributed by atoms with E-state index in [0.717, 1.165) is 5.69 Å². The number of benzene rings is 1. The van der Waals surface area contributed by atoms with Gasteiger partial charge < -0.3 is 15.5 Å². The lowest BCUT2D eigenvalue weighted by molar-refractivity contribution is 0.417. The summed E-state index contributed by atoms with van der Waals surface area (Å²) in [6, 6.07) is 8.98. The molecule has 1 aromatic heterocycles. The van der Waals surface area contributed by atoms with Crippen LogP contribution >= 0.6 is 23.2 Å². The second-order valence-electron chi connectivity index (χ2n) is 3.62. The highest BCUT2D eigenvalue weighted by Crippen LogP contribution is 2.33. The summed E-state index contributed by atoms with van der Waals surface area (Å²) >= 11 is 12.0. The molecule has 0 spiro atoms. The van der Waals surface area contributed by atoms with Gasteiger partial charge >= 0.3 is 0 Å². The van der Waals surface area contributed by atoms with Gasteiger partial charge in [-0.15, -0.1) is 0 Å². The van der Waals surface area contributed by atoms with Crippen LogP contribution in [0.25, 0.3) is 0 Å². The molecule has 1 aromatic carbocycles. The fourth-order valence-electron chi connectivity index (χ4n) is 1.53. The first-order chi connectivity index (χ1) is 9.15. The van der Waals surface area contributed by atoms with Crippen molar-refractivity contribution in [3.05, 3.63) is 40.4 Å². The number of anilines is 3. The van der Waals surface area contributed by atoms with Gasteiger partial charge in [-0.25, -0.2) is 10.8 Å². The van der Waals surface area contributed by atoms with Gasteiger partial charge in [-0.05, 0) is 18.2 Å². The van der Waals surface area contributed by atoms with Crippen LogP contribution in [-0.2, 0) is 0 Å². The van der Waals surface area contributed by atoms with Gasteiger partial charge in [-0.3, -0.25) is 0 Å². The molecular weight excluding hydrogens is 287 g/mol. The van der Waals surface area contributed by atoms with Crippen LogP contribution in [0.15, 0.2) is 30.3 Å². The zero-order valence-electron chi connectivity index (χ0n) is 10.1. The van der Waals surface area contributed by atoms with Crippen molar-refractivity contribution in [1.29, 1.82) is 0 Å². The Morgan fingerprint density at radius 1 is 1.16 bits per heavy atom. The van der Waals surface area contributed by atoms with Crippen molar-refractivity contribution in [2.75, 3.05) is 17.9 Å². The summed E-state index contributed by atoms with van der Waals surface area (Å²) in [5.74, 6) is 6.78. The molecule has 7 heteroatoms. The number of methoxy groups -OCH3 is 1. The molecule has 5 nitrogen and oxygen atoms in total. The first-order valence-electron chi connectivity index (χ1n) is 5.38. The summed E-state index contributed by atoms with van der Waals surface area (Å²) in [6.07, 6.45) is 0. The Balaban J connectivity index is 2.38. The van der Waals surface area contributed by atoms with E-state index < -0.39 is 0 Å². The summed E-state index contributed by atoms with van der Waals surface area (Å²) < 4.78 is 5.24. The molecule has 4 N–H and O–H groups in total. The Kier molecular flexibility index (Phi) is 4.31. The number of hydrazine groups is 1. The Labute approximate surface area is 120 Å². The van der Waals surface area contributed by atoms with Crippen molar-refractivity contribution in [2.24, 2.45) is 5.84 Å². The van der Waals surface area contributed by atoms with Gasteiger partial charge in [0.1, 0.15) is 5.75 Å². The van der Waals surface area contributed by atoms with Gasteiger partial charge in [-0.1, -0.05) is 35.3 Å². The third kappa shape index (κ3) is 3.01. The van der Waals surface area contributed by atoms with E-state index in [-0.39, 0.29) is 0 Å². The SMILES string of the molecule is COc1ccccc1Nc1nc(NN)c(Cl)cc1Cl. The highest BCUT2D eigenvalue weighted by Gasteiger charge is 2.10. The number of nitrogen functional groups attached to an aromatic ring is 1. The van der Waals surface area contributed by atoms with Crippen molar-refractivity contribution in [1.82, 2.24) is 4.98 Å². The Morgan fingerprint density at radius 2 is 1.84 bits per heavy atom. The minimum Gasteiger partial charge on any atom is -0.495 e. The fraction of sp³-hybridized carbons (Fsp3) is 0.0833. The van der Waals surface area contributed by atoms with Gasteiger partial charge in [0, 0.05) is 0 Å². The van der Waals surface area contributed by atoms with Crippen LogP contribution in [0.5, 0.6) is 5.75 Å². The topological polar surface area (TPSA) is 72.2 Å². The lowest BCUT2D eigenvalue weighted by atomic mass is 10.3. The molecule has 1 heterocycles. The number of pyridine rings is 1. The molecule has 0 radical (unpaired) electrons. The third-order valence-corrected chi connectivity index (χ3v) is 3.00. The van der Waals surface area contributed by atoms with Crippen LogP contribution in [0.4, 0.5) is 17.3 Å². The molecule has 19 heavy (non-hydrogen) atoms. The van der Waals surface area contributed by atoms with Crippen molar-refractivity contribution in [3.63, 3.8) is 0 Å². The number of nitrogens with two attached hydrogens (primary N) is 1. The molecule has 0 bridgehead atoms. The Morgan fingerprint density at radius 3 is 2.53 bits per heavy atom. The van der Waals surface area contributed by atoms with Gasteiger partial charge in [0.05, 0.1) is 22.8 Å². The molecule has 0 atom stereocenters. The molecule has 0 amide bonds. The summed E-state index contributed by atoms with van der Waals surface area (Å²) in [6.45, 7) is 0. The molecule has 0 saturated carbocycles. The number of nitrogens with zero attached hydrogens (tertiary/aromatic N) is 1. The van der Waals surface area contributed by atoms with E-state index in [4.69, 9.17) is 33.8 Å². The van der Waals surface area contributed by atoms with Gasteiger partial charge in [0.15, 0.2) is 11.6 Å². The minimum absolute atomic E-state index is 0.337. The summed E-state index contributed by atoms with van der Waals surface area (Å²) in [5.41, 5.74) is 3.14. The number of hydrogen-bond acceptors (Lipinski definition) is 5. The molecule has 0 fully saturated rings. The monoisotopic (exact) mass is 298 g/mol. The van der Waals surface area contributed by atoms with Gasteiger partial charge in [-0.2, -0.15) is 0 Å². The highest BCUT2D eigenvalue weighted by molar-refractivity contribution is 6.37. The van der Waals surface area contributed by atoms with Gasteiger partial charge in [0.2, 0.25) is 0 Å². The molecule has 0 aliphatic heterocycles. The molecule has 0 saturated heterocycles. The van der Waals surface area contributed by atoms with Crippen LogP contribution in [0.2, 0.25) is 10.0 Å². The fourth-order valence-corrected chi connectivity index (χ4v) is 1.99. The predicted octanol–water partition coefficient (Wildman–Crippen LogP) is 3.43. The predicted molar refractivity (Wildman–Crippen MR) is 78.3 cm³/mol. The number of ether oxygens (including phenoxy) is 1. The lowest BCUT2D eigenvalue weighted by Gasteiger charge is -2.13. The number of nitrogens with one attached hydrogen (secondary N) is 2. The second-order valence-corrected chi connectivity index (χ2v) is 4.43. The zero-order chi connectivity index (χ0) is 13.8. The van der Waals surface area contributed by atoms with E-state index in [0.29, 0.717) is 27.4 Å². The normalized spacial score (nSPS) is 10.1. The standard InChI is InChI=1S/C12H12Cl2N4O/c1-19-10-5-3-2-4-9(10)16-11-7(13)6-8(14)12(17-11)18-15/h2-6H,15H2,1H3,(H2,16,17,18). The molecule has 100 valence electrons. The first-order valence-corrected chi connectivity index (χ1v) is 6.14. The zero-order valence-corrected chi connectivity index (χ0v) is 11.6. The van der Waals surface area contributed by atoms with Crippen molar-refractivity contribution in [2.45, 2.75) is 0 Å². The third-order valence-electron chi connectivity index (χ3n) is 2.43. The van der Waals surface area contributed by atoms with Crippen LogP contribution in [-0.4, -0.2) is 12.1 Å². The summed E-state index contributed by atoms with van der Waals surface area (Å²) in [4.78, 5) is 4.19. The largest absolute Gasteiger partial charge is 0.495 e. The smallest absolute Gasteiger partial charge is 0.161 e. The van der Waals surface area contributed by atoms with E-state index in [2.05, 4.69) is 15.7 Å². The quantitative estimate of drug-likeness (QED) is 0.596. The molecule has 0 aliphatic rings. The summed E-state index contributed by atoms with van der Waals surface area (Å²) in [7, 11) is 1.59. The number of aromatic nitrogens is 1. The van der Waals surface area contributed by atoms with E-state index >= 15 is 0 Å². The maximum absolute atomic E-state index is 6.09. The molecule has 2 rings (SSSR count). The van der Waals surface area contributed by atoms with E-state index in [1.807, 2.05) is 24.3 Å². The Bertz CT molecular complexity index is 592. The van der Waals surface area contributed by atoms with Crippen LogP contribution in [0.1, 0.15) is 0 Å². The van der Waals surface area contributed by atoms with E-state index in [9.17, 15) is 0 Å². The van der Waals surface area contributed by atoms with Crippen LogP contribution < -0.4 is 21.3 Å². The highest BCUT2D eigenvalue weighted by atomic mass is 35.5. The number of hydrogen-bond donors (Lipinski definition) is 3. The maximum Gasteiger partial charge on any atom is 0.161 e. The summed E-state index contributed by atoms with van der Waals surface area (Å²) in [5, 5.41) is 3.80. The van der Waals surface area contributed by atoms with Crippen molar-refractivity contribution >= 4 is 40.5 Å². The second kappa shape index (κ2) is 5.97. The van der Waals surface area contributed by atoms with Crippen molar-refractivity contribution in [3.8, 4) is 5.75 Å². The molecule has 2 aromatic rings. The van der Waals surface area contributed by atoms with Crippen molar-refractivity contribution < 1.29 is 4.74 Å². The van der Waals surface area contributed by atoms with E-state index in [1.54, 1.807) is 13.2 Å².